The second-order valence-corrected chi connectivity index (χ2v) is 9.74. The fourth-order valence-corrected chi connectivity index (χ4v) is 5.03. The molecule has 1 saturated heterocycles. The zero-order valence-electron chi connectivity index (χ0n) is 17.6. The largest absolute Gasteiger partial charge is 0.411 e. The quantitative estimate of drug-likeness (QED) is 0.576. The van der Waals surface area contributed by atoms with Crippen LogP contribution in [0.15, 0.2) is 53.4 Å². The third-order valence-corrected chi connectivity index (χ3v) is 7.11. The van der Waals surface area contributed by atoms with E-state index in [2.05, 4.69) is 10.1 Å². The Bertz CT molecular complexity index is 1040. The zero-order valence-corrected chi connectivity index (χ0v) is 18.5. The molecule has 1 aliphatic heterocycles. The lowest BCUT2D eigenvalue weighted by Crippen LogP contribution is -2.45. The Hall–Kier alpha value is -2.50. The van der Waals surface area contributed by atoms with Gasteiger partial charge in [-0.1, -0.05) is 24.3 Å². The first-order valence-electron chi connectivity index (χ1n) is 10.3. The number of nitrogens with zero attached hydrogens (tertiary/aromatic N) is 1. The third kappa shape index (κ3) is 7.24. The van der Waals surface area contributed by atoms with Gasteiger partial charge in [-0.2, -0.15) is 17.5 Å². The zero-order chi connectivity index (χ0) is 24.1. The summed E-state index contributed by atoms with van der Waals surface area (Å²) in [4.78, 5) is 12.6. The minimum atomic E-state index is -4.38. The fourth-order valence-electron chi connectivity index (χ4n) is 3.50. The molecule has 0 radical (unpaired) electrons. The van der Waals surface area contributed by atoms with Crippen molar-refractivity contribution in [2.45, 2.75) is 37.1 Å². The van der Waals surface area contributed by atoms with E-state index in [0.29, 0.717) is 18.4 Å². The fraction of sp³-hybridized carbons (Fsp3) is 0.409. The lowest BCUT2D eigenvalue weighted by atomic mass is 9.98. The number of ether oxygens (including phenoxy) is 1. The molecule has 1 N–H and O–H groups in total. The van der Waals surface area contributed by atoms with Crippen molar-refractivity contribution < 1.29 is 35.5 Å². The molecular weight excluding hydrogens is 464 g/mol. The number of benzene rings is 2. The topological polar surface area (TPSA) is 75.7 Å². The van der Waals surface area contributed by atoms with Gasteiger partial charge in [0, 0.05) is 19.6 Å². The van der Waals surface area contributed by atoms with E-state index >= 15 is 0 Å². The molecule has 2 aromatic rings. The molecule has 0 aromatic heterocycles. The van der Waals surface area contributed by atoms with Gasteiger partial charge < -0.3 is 10.1 Å². The Morgan fingerprint density at radius 3 is 2.33 bits per heavy atom. The summed E-state index contributed by atoms with van der Waals surface area (Å²) >= 11 is 0. The van der Waals surface area contributed by atoms with Gasteiger partial charge in [0.05, 0.1) is 17.4 Å². The molecule has 1 fully saturated rings. The van der Waals surface area contributed by atoms with Crippen LogP contribution in [0.4, 0.5) is 17.6 Å². The van der Waals surface area contributed by atoms with Gasteiger partial charge in [0.1, 0.15) is 12.4 Å². The van der Waals surface area contributed by atoms with Crippen LogP contribution in [0, 0.1) is 11.7 Å². The van der Waals surface area contributed by atoms with Crippen molar-refractivity contribution in [3.63, 3.8) is 0 Å². The lowest BCUT2D eigenvalue weighted by Gasteiger charge is -2.31. The second kappa shape index (κ2) is 10.6. The first-order chi connectivity index (χ1) is 15.5. The van der Waals surface area contributed by atoms with Crippen LogP contribution >= 0.6 is 0 Å². The number of hydrogen-bond acceptors (Lipinski definition) is 4. The maximum Gasteiger partial charge on any atom is 0.411 e. The van der Waals surface area contributed by atoms with Crippen molar-refractivity contribution in [2.24, 2.45) is 5.92 Å². The average Bonchev–Trinajstić information content (AvgIpc) is 2.78. The number of sulfonamides is 1. The number of carbonyl (C=O) groups is 1. The molecule has 6 nitrogen and oxygen atoms in total. The van der Waals surface area contributed by atoms with Crippen LogP contribution in [0.5, 0.6) is 0 Å². The molecule has 180 valence electrons. The van der Waals surface area contributed by atoms with Crippen LogP contribution in [0.25, 0.3) is 0 Å². The minimum absolute atomic E-state index is 0.0238. The molecule has 1 amide bonds. The maximum absolute atomic E-state index is 13.1. The van der Waals surface area contributed by atoms with Gasteiger partial charge in [-0.15, -0.1) is 0 Å². The van der Waals surface area contributed by atoms with Crippen molar-refractivity contribution in [3.05, 3.63) is 65.5 Å². The highest BCUT2D eigenvalue weighted by molar-refractivity contribution is 7.89. The van der Waals surface area contributed by atoms with Gasteiger partial charge in [-0.3, -0.25) is 4.79 Å². The van der Waals surface area contributed by atoms with Crippen molar-refractivity contribution in [2.75, 3.05) is 19.7 Å². The Labute approximate surface area is 189 Å². The first kappa shape index (κ1) is 25.1. The van der Waals surface area contributed by atoms with E-state index in [4.69, 9.17) is 0 Å². The molecule has 1 aliphatic rings. The third-order valence-electron chi connectivity index (χ3n) is 5.23. The van der Waals surface area contributed by atoms with Crippen LogP contribution in [-0.2, 0) is 32.7 Å². The van der Waals surface area contributed by atoms with Gasteiger partial charge in [0.15, 0.2) is 0 Å². The van der Waals surface area contributed by atoms with E-state index in [-0.39, 0.29) is 37.0 Å². The number of carbonyl (C=O) groups excluding carboxylic acids is 1. The van der Waals surface area contributed by atoms with E-state index < -0.39 is 34.5 Å². The Balaban J connectivity index is 1.51. The molecule has 33 heavy (non-hydrogen) atoms. The smallest absolute Gasteiger partial charge is 0.367 e. The summed E-state index contributed by atoms with van der Waals surface area (Å²) in [5.74, 6) is -1.35. The highest BCUT2D eigenvalue weighted by Crippen LogP contribution is 2.24. The summed E-state index contributed by atoms with van der Waals surface area (Å²) in [6.45, 7) is -0.987. The predicted molar refractivity (Wildman–Crippen MR) is 112 cm³/mol. The van der Waals surface area contributed by atoms with E-state index in [0.717, 1.165) is 17.7 Å². The number of hydrogen-bond donors (Lipinski definition) is 1. The van der Waals surface area contributed by atoms with E-state index in [1.807, 2.05) is 0 Å². The van der Waals surface area contributed by atoms with Gasteiger partial charge in [-0.25, -0.2) is 12.8 Å². The van der Waals surface area contributed by atoms with Crippen LogP contribution in [-0.4, -0.2) is 44.5 Å². The molecule has 3 rings (SSSR count). The number of alkyl halides is 3. The van der Waals surface area contributed by atoms with Gasteiger partial charge in [0.25, 0.3) is 0 Å². The highest BCUT2D eigenvalue weighted by atomic mass is 32.2. The monoisotopic (exact) mass is 488 g/mol. The molecule has 0 saturated carbocycles. The van der Waals surface area contributed by atoms with Gasteiger partial charge >= 0.3 is 6.18 Å². The summed E-state index contributed by atoms with van der Waals surface area (Å²) in [5.41, 5.74) is 1.32. The number of rotatable bonds is 8. The van der Waals surface area contributed by atoms with Crippen molar-refractivity contribution in [3.8, 4) is 0 Å². The number of halogens is 4. The summed E-state index contributed by atoms with van der Waals surface area (Å²) in [6, 6.07) is 11.2. The minimum Gasteiger partial charge on any atom is -0.367 e. The lowest BCUT2D eigenvalue weighted by molar-refractivity contribution is -0.176. The number of nitrogens with one attached hydrogen (secondary N) is 1. The molecule has 0 aliphatic carbocycles. The Morgan fingerprint density at radius 2 is 1.70 bits per heavy atom. The summed E-state index contributed by atoms with van der Waals surface area (Å²) in [6.07, 6.45) is -3.32. The normalized spacial score (nSPS) is 17.6. The Kier molecular flexibility index (Phi) is 8.09. The average molecular weight is 489 g/mol. The van der Waals surface area contributed by atoms with Crippen LogP contribution in [0.3, 0.4) is 0 Å². The standard InChI is InChI=1S/C22H24F4N2O4S/c23-19-7-9-20(10-8-19)33(30,31)28-11-1-2-18(13-28)21(29)27-12-16-3-5-17(6-4-16)14-32-15-22(24,25)26/h3-10,18H,1-2,11-15H2,(H,27,29). The van der Waals surface area contributed by atoms with E-state index in [1.54, 1.807) is 24.3 Å². The van der Waals surface area contributed by atoms with Crippen LogP contribution in [0.2, 0.25) is 0 Å². The summed E-state index contributed by atoms with van der Waals surface area (Å²) in [7, 11) is -3.83. The van der Waals surface area contributed by atoms with Crippen molar-refractivity contribution in [1.29, 1.82) is 0 Å². The molecular formula is C22H24F4N2O4S. The van der Waals surface area contributed by atoms with Gasteiger partial charge in [0.2, 0.25) is 15.9 Å². The molecule has 2 aromatic carbocycles. The summed E-state index contributed by atoms with van der Waals surface area (Å²) in [5, 5.41) is 2.78. The predicted octanol–water partition coefficient (Wildman–Crippen LogP) is 3.62. The molecule has 0 bridgehead atoms. The van der Waals surface area contributed by atoms with Crippen molar-refractivity contribution >= 4 is 15.9 Å². The Morgan fingerprint density at radius 1 is 1.06 bits per heavy atom. The van der Waals surface area contributed by atoms with Crippen molar-refractivity contribution in [1.82, 2.24) is 9.62 Å². The first-order valence-corrected chi connectivity index (χ1v) is 11.7. The molecule has 11 heteroatoms. The van der Waals surface area contributed by atoms with E-state index in [9.17, 15) is 30.8 Å². The molecule has 1 atom stereocenters. The number of amides is 1. The van der Waals surface area contributed by atoms with E-state index in [1.165, 1.54) is 16.4 Å². The molecule has 0 spiro atoms. The van der Waals surface area contributed by atoms with Crippen LogP contribution < -0.4 is 5.32 Å². The SMILES string of the molecule is O=C(NCc1ccc(COCC(F)(F)F)cc1)C1CCCN(S(=O)(=O)c2ccc(F)cc2)C1. The maximum atomic E-state index is 13.1. The number of piperidine rings is 1. The highest BCUT2D eigenvalue weighted by Gasteiger charge is 2.33. The van der Waals surface area contributed by atoms with Crippen LogP contribution in [0.1, 0.15) is 24.0 Å². The van der Waals surface area contributed by atoms with Gasteiger partial charge in [-0.05, 0) is 48.2 Å². The molecule has 1 unspecified atom stereocenters. The summed E-state index contributed by atoms with van der Waals surface area (Å²) < 4.78 is 81.0. The second-order valence-electron chi connectivity index (χ2n) is 7.80. The molecule has 1 heterocycles.